The number of urea groups is 1. The van der Waals surface area contributed by atoms with Crippen molar-refractivity contribution in [2.24, 2.45) is 0 Å². The molecule has 1 aromatic carbocycles. The zero-order valence-electron chi connectivity index (χ0n) is 13.6. The van der Waals surface area contributed by atoms with Crippen molar-refractivity contribution in [2.75, 3.05) is 13.2 Å². The highest BCUT2D eigenvalue weighted by Gasteiger charge is 2.33. The number of carbonyl (C=O) groups is 2. The fourth-order valence-corrected chi connectivity index (χ4v) is 2.48. The van der Waals surface area contributed by atoms with E-state index in [9.17, 15) is 9.59 Å². The van der Waals surface area contributed by atoms with Gasteiger partial charge in [0.15, 0.2) is 0 Å². The molecule has 0 saturated carbocycles. The molecular weight excluding hydrogens is 296 g/mol. The molecule has 6 nitrogen and oxygen atoms in total. The van der Waals surface area contributed by atoms with Gasteiger partial charge in [-0.3, -0.25) is 0 Å². The molecule has 2 rings (SSSR count). The average Bonchev–Trinajstić information content (AvgIpc) is 2.52. The van der Waals surface area contributed by atoms with Crippen molar-refractivity contribution in [1.29, 1.82) is 0 Å². The molecule has 2 amide bonds. The third kappa shape index (κ3) is 3.83. The van der Waals surface area contributed by atoms with Crippen LogP contribution in [-0.2, 0) is 9.53 Å². The van der Waals surface area contributed by atoms with E-state index in [2.05, 4.69) is 10.6 Å². The highest BCUT2D eigenvalue weighted by Crippen LogP contribution is 2.33. The third-order valence-electron chi connectivity index (χ3n) is 3.46. The quantitative estimate of drug-likeness (QED) is 0.791. The molecule has 2 N–H and O–H groups in total. The predicted octanol–water partition coefficient (Wildman–Crippen LogP) is 2.67. The second-order valence-corrected chi connectivity index (χ2v) is 5.18. The smallest absolute Gasteiger partial charge is 0.338 e. The number of nitrogens with one attached hydrogen (secondary N) is 2. The molecule has 0 bridgehead atoms. The van der Waals surface area contributed by atoms with Crippen molar-refractivity contribution in [1.82, 2.24) is 10.6 Å². The van der Waals surface area contributed by atoms with E-state index < -0.39 is 12.0 Å². The summed E-state index contributed by atoms with van der Waals surface area (Å²) in [6.45, 7) is 6.34. The van der Waals surface area contributed by atoms with Crippen molar-refractivity contribution in [3.8, 4) is 5.75 Å². The van der Waals surface area contributed by atoms with Crippen LogP contribution in [0.3, 0.4) is 0 Å². The van der Waals surface area contributed by atoms with Gasteiger partial charge < -0.3 is 20.1 Å². The summed E-state index contributed by atoms with van der Waals surface area (Å²) >= 11 is 0. The van der Waals surface area contributed by atoms with E-state index in [0.717, 1.165) is 12.0 Å². The number of benzene rings is 1. The number of hydrogen-bond acceptors (Lipinski definition) is 4. The van der Waals surface area contributed by atoms with Gasteiger partial charge in [-0.05, 0) is 26.3 Å². The Morgan fingerprint density at radius 1 is 1.26 bits per heavy atom. The first kappa shape index (κ1) is 16.9. The van der Waals surface area contributed by atoms with Crippen LogP contribution in [0.2, 0.25) is 0 Å². The molecule has 1 aliphatic heterocycles. The molecule has 1 aromatic rings. The maximum Gasteiger partial charge on any atom is 0.338 e. The Labute approximate surface area is 135 Å². The van der Waals surface area contributed by atoms with Crippen LogP contribution < -0.4 is 15.4 Å². The number of para-hydroxylation sites is 1. The van der Waals surface area contributed by atoms with Gasteiger partial charge in [0.25, 0.3) is 0 Å². The van der Waals surface area contributed by atoms with E-state index in [-0.39, 0.29) is 6.03 Å². The van der Waals surface area contributed by atoms with E-state index in [0.29, 0.717) is 30.2 Å². The minimum absolute atomic E-state index is 0.337. The van der Waals surface area contributed by atoms with Crippen LogP contribution in [0.5, 0.6) is 5.75 Å². The van der Waals surface area contributed by atoms with Gasteiger partial charge in [0.05, 0.1) is 24.8 Å². The van der Waals surface area contributed by atoms with Gasteiger partial charge in [0, 0.05) is 11.3 Å². The predicted molar refractivity (Wildman–Crippen MR) is 86.0 cm³/mol. The normalized spacial score (nSPS) is 17.3. The summed E-state index contributed by atoms with van der Waals surface area (Å²) in [4.78, 5) is 24.3. The Balaban J connectivity index is 2.43. The molecule has 0 aliphatic carbocycles. The number of hydrogen-bond donors (Lipinski definition) is 2. The summed E-state index contributed by atoms with van der Waals surface area (Å²) in [6, 6.07) is 6.39. The van der Waals surface area contributed by atoms with Gasteiger partial charge in [0.1, 0.15) is 5.75 Å². The number of rotatable bonds is 6. The Bertz CT molecular complexity index is 625. The standard InChI is InChI=1S/C17H22N2O4/c1-4-10-23-16(20)14-11(3)18-17(21)19-15(14)12-8-6-7-9-13(12)22-5-2/h6-9,15H,4-5,10H2,1-3H3,(H2,18,19,21)/t15-/m0/s1. The largest absolute Gasteiger partial charge is 0.494 e. The highest BCUT2D eigenvalue weighted by molar-refractivity contribution is 5.95. The number of ether oxygens (including phenoxy) is 2. The van der Waals surface area contributed by atoms with Gasteiger partial charge in [-0.1, -0.05) is 25.1 Å². The zero-order chi connectivity index (χ0) is 16.8. The molecule has 6 heteroatoms. The Hall–Kier alpha value is -2.50. The summed E-state index contributed by atoms with van der Waals surface area (Å²) in [6.07, 6.45) is 0.734. The lowest BCUT2D eigenvalue weighted by atomic mass is 9.95. The molecule has 1 heterocycles. The minimum Gasteiger partial charge on any atom is -0.494 e. The van der Waals surface area contributed by atoms with Crippen molar-refractivity contribution in [3.63, 3.8) is 0 Å². The molecule has 0 fully saturated rings. The van der Waals surface area contributed by atoms with Gasteiger partial charge in [-0.2, -0.15) is 0 Å². The lowest BCUT2D eigenvalue weighted by molar-refractivity contribution is -0.139. The summed E-state index contributed by atoms with van der Waals surface area (Å²) in [5, 5.41) is 5.41. The van der Waals surface area contributed by atoms with Crippen LogP contribution in [-0.4, -0.2) is 25.2 Å². The summed E-state index contributed by atoms with van der Waals surface area (Å²) in [7, 11) is 0. The molecule has 0 saturated heterocycles. The lowest BCUT2D eigenvalue weighted by Crippen LogP contribution is -2.45. The van der Waals surface area contributed by atoms with Crippen LogP contribution in [0.4, 0.5) is 4.79 Å². The molecule has 0 spiro atoms. The second-order valence-electron chi connectivity index (χ2n) is 5.18. The first-order chi connectivity index (χ1) is 11.1. The van der Waals surface area contributed by atoms with E-state index in [1.165, 1.54) is 0 Å². The van der Waals surface area contributed by atoms with Crippen molar-refractivity contribution >= 4 is 12.0 Å². The fraction of sp³-hybridized carbons (Fsp3) is 0.412. The van der Waals surface area contributed by atoms with Gasteiger partial charge >= 0.3 is 12.0 Å². The van der Waals surface area contributed by atoms with Crippen LogP contribution in [0.1, 0.15) is 38.8 Å². The maximum atomic E-state index is 12.4. The highest BCUT2D eigenvalue weighted by atomic mass is 16.5. The molecule has 124 valence electrons. The first-order valence-corrected chi connectivity index (χ1v) is 7.75. The first-order valence-electron chi connectivity index (χ1n) is 7.75. The minimum atomic E-state index is -0.601. The van der Waals surface area contributed by atoms with Crippen LogP contribution in [0.25, 0.3) is 0 Å². The van der Waals surface area contributed by atoms with E-state index >= 15 is 0 Å². The summed E-state index contributed by atoms with van der Waals surface area (Å²) in [5.41, 5.74) is 1.61. The van der Waals surface area contributed by atoms with Gasteiger partial charge in [-0.15, -0.1) is 0 Å². The monoisotopic (exact) mass is 318 g/mol. The van der Waals surface area contributed by atoms with Crippen LogP contribution in [0.15, 0.2) is 35.5 Å². The second kappa shape index (κ2) is 7.67. The number of carbonyl (C=O) groups excluding carboxylic acids is 2. The summed E-state index contributed by atoms with van der Waals surface area (Å²) < 4.78 is 10.9. The van der Waals surface area contributed by atoms with Crippen molar-refractivity contribution < 1.29 is 19.1 Å². The lowest BCUT2D eigenvalue weighted by Gasteiger charge is -2.29. The number of amides is 2. The number of esters is 1. The topological polar surface area (TPSA) is 76.7 Å². The molecule has 1 aliphatic rings. The fourth-order valence-electron chi connectivity index (χ4n) is 2.48. The van der Waals surface area contributed by atoms with E-state index in [4.69, 9.17) is 9.47 Å². The van der Waals surface area contributed by atoms with E-state index in [1.54, 1.807) is 6.92 Å². The zero-order valence-corrected chi connectivity index (χ0v) is 13.6. The van der Waals surface area contributed by atoms with Gasteiger partial charge in [-0.25, -0.2) is 9.59 Å². The van der Waals surface area contributed by atoms with Crippen LogP contribution >= 0.6 is 0 Å². The molecular formula is C17H22N2O4. The molecule has 0 unspecified atom stereocenters. The maximum absolute atomic E-state index is 12.4. The Morgan fingerprint density at radius 3 is 2.70 bits per heavy atom. The molecule has 0 radical (unpaired) electrons. The van der Waals surface area contributed by atoms with Gasteiger partial charge in [0.2, 0.25) is 0 Å². The van der Waals surface area contributed by atoms with Crippen LogP contribution in [0, 0.1) is 0 Å². The SMILES string of the molecule is CCCOC(=O)C1=C(C)NC(=O)N[C@H]1c1ccccc1OCC. The number of allylic oxidation sites excluding steroid dienone is 1. The Morgan fingerprint density at radius 2 is 2.00 bits per heavy atom. The average molecular weight is 318 g/mol. The molecule has 1 atom stereocenters. The molecule has 23 heavy (non-hydrogen) atoms. The molecule has 0 aromatic heterocycles. The van der Waals surface area contributed by atoms with Crippen molar-refractivity contribution in [2.45, 2.75) is 33.2 Å². The Kier molecular flexibility index (Phi) is 5.62. The summed E-state index contributed by atoms with van der Waals surface area (Å²) in [5.74, 6) is 0.198. The van der Waals surface area contributed by atoms with Crippen molar-refractivity contribution in [3.05, 3.63) is 41.1 Å². The third-order valence-corrected chi connectivity index (χ3v) is 3.46. The van der Waals surface area contributed by atoms with E-state index in [1.807, 2.05) is 38.1 Å².